The van der Waals surface area contributed by atoms with E-state index in [1.54, 1.807) is 6.07 Å². The van der Waals surface area contributed by atoms with E-state index in [1.165, 1.54) is 54.7 Å². The van der Waals surface area contributed by atoms with Gasteiger partial charge in [0, 0.05) is 30.1 Å². The van der Waals surface area contributed by atoms with Gasteiger partial charge < -0.3 is 15.2 Å². The Morgan fingerprint density at radius 1 is 1.17 bits per heavy atom. The molecular weight excluding hydrogens is 399 g/mol. The van der Waals surface area contributed by atoms with Crippen molar-refractivity contribution in [1.82, 2.24) is 4.98 Å². The molecule has 0 radical (unpaired) electrons. The molecule has 0 aliphatic carbocycles. The molecule has 0 saturated heterocycles. The maximum Gasteiger partial charge on any atom is 0.387 e. The van der Waals surface area contributed by atoms with E-state index in [9.17, 15) is 18.0 Å². The van der Waals surface area contributed by atoms with Crippen molar-refractivity contribution in [2.45, 2.75) is 6.61 Å². The zero-order valence-electron chi connectivity index (χ0n) is 15.8. The first-order valence-electron chi connectivity index (χ1n) is 8.53. The number of anilines is 2. The Kier molecular flexibility index (Phi) is 8.07. The first-order chi connectivity index (χ1) is 14.5. The minimum absolute atomic E-state index is 0.0678. The molecule has 0 aliphatic rings. The number of aliphatic hydroxyl groups is 1. The zero-order chi connectivity index (χ0) is 22.1. The van der Waals surface area contributed by atoms with Gasteiger partial charge in [0.1, 0.15) is 17.3 Å². The minimum Gasteiger partial charge on any atom is -0.435 e. The summed E-state index contributed by atoms with van der Waals surface area (Å²) in [4.78, 5) is 15.2. The van der Waals surface area contributed by atoms with Gasteiger partial charge >= 0.3 is 6.61 Å². The number of hydrogen-bond donors (Lipinski definition) is 3. The van der Waals surface area contributed by atoms with Crippen LogP contribution in [0, 0.1) is 11.2 Å². The lowest BCUT2D eigenvalue weighted by molar-refractivity contribution is -0.0498. The number of benzene rings is 2. The summed E-state index contributed by atoms with van der Waals surface area (Å²) in [6, 6.07) is 12.7. The predicted octanol–water partition coefficient (Wildman–Crippen LogP) is 4.40. The highest BCUT2D eigenvalue weighted by Crippen LogP contribution is 2.25. The summed E-state index contributed by atoms with van der Waals surface area (Å²) in [5.41, 5.74) is 1.55. The fraction of sp³-hybridized carbons (Fsp3) is 0.0952. The molecule has 0 bridgehead atoms. The van der Waals surface area contributed by atoms with Gasteiger partial charge in [0.05, 0.1) is 11.4 Å². The maximum absolute atomic E-state index is 13.1. The Labute approximate surface area is 170 Å². The first kappa shape index (κ1) is 22.6. The van der Waals surface area contributed by atoms with Crippen LogP contribution in [0.3, 0.4) is 0 Å². The molecule has 3 rings (SSSR count). The Hall–Kier alpha value is -3.72. The van der Waals surface area contributed by atoms with Crippen LogP contribution in [0.15, 0.2) is 60.8 Å². The van der Waals surface area contributed by atoms with Crippen molar-refractivity contribution in [3.05, 3.63) is 83.4 Å². The third kappa shape index (κ3) is 5.89. The van der Waals surface area contributed by atoms with E-state index < -0.39 is 12.4 Å². The Bertz CT molecular complexity index is 1010. The number of hydrogen-bond acceptors (Lipinski definition) is 6. The number of aldehydes is 1. The van der Waals surface area contributed by atoms with Gasteiger partial charge in [-0.3, -0.25) is 15.2 Å². The summed E-state index contributed by atoms with van der Waals surface area (Å²) in [5, 5.41) is 18.4. The Morgan fingerprint density at radius 2 is 1.87 bits per heavy atom. The Morgan fingerprint density at radius 3 is 2.50 bits per heavy atom. The maximum atomic E-state index is 13.1. The third-order valence-electron chi connectivity index (χ3n) is 3.75. The number of carbonyl (C=O) groups excluding carboxylic acids is 1. The second kappa shape index (κ2) is 10.7. The molecule has 1 heterocycles. The number of halogens is 3. The van der Waals surface area contributed by atoms with Gasteiger partial charge in [0.15, 0.2) is 6.29 Å². The summed E-state index contributed by atoms with van der Waals surface area (Å²) in [7, 11) is 1.00. The highest BCUT2D eigenvalue weighted by atomic mass is 19.3. The van der Waals surface area contributed by atoms with E-state index in [1.807, 2.05) is 0 Å². The van der Waals surface area contributed by atoms with E-state index in [0.29, 0.717) is 23.2 Å². The van der Waals surface area contributed by atoms with E-state index in [2.05, 4.69) is 15.0 Å². The van der Waals surface area contributed by atoms with Gasteiger partial charge in [-0.25, -0.2) is 4.39 Å². The van der Waals surface area contributed by atoms with Crippen LogP contribution < -0.4 is 10.1 Å². The summed E-state index contributed by atoms with van der Waals surface area (Å²) in [6.07, 6.45) is 1.90. The fourth-order valence-electron chi connectivity index (χ4n) is 2.49. The molecular formula is C21H18F3N3O3. The second-order valence-corrected chi connectivity index (χ2v) is 5.70. The number of nitrogens with one attached hydrogen (secondary N) is 2. The smallest absolute Gasteiger partial charge is 0.387 e. The van der Waals surface area contributed by atoms with Crippen LogP contribution in [0.2, 0.25) is 0 Å². The molecule has 3 N–H and O–H groups in total. The van der Waals surface area contributed by atoms with Crippen LogP contribution >= 0.6 is 0 Å². The molecule has 0 aliphatic heterocycles. The predicted molar refractivity (Wildman–Crippen MR) is 106 cm³/mol. The van der Waals surface area contributed by atoms with Crippen molar-refractivity contribution in [2.75, 3.05) is 12.4 Å². The summed E-state index contributed by atoms with van der Waals surface area (Å²) >= 11 is 0. The average Bonchev–Trinajstić information content (AvgIpc) is 2.76. The van der Waals surface area contributed by atoms with Gasteiger partial charge in [-0.2, -0.15) is 8.78 Å². The quantitative estimate of drug-likeness (QED) is 0.391. The van der Waals surface area contributed by atoms with Crippen molar-refractivity contribution in [1.29, 1.82) is 5.41 Å². The highest BCUT2D eigenvalue weighted by molar-refractivity contribution is 6.13. The van der Waals surface area contributed by atoms with Crippen molar-refractivity contribution in [3.63, 3.8) is 0 Å². The van der Waals surface area contributed by atoms with Crippen molar-refractivity contribution >= 4 is 23.4 Å². The standard InChI is InChI=1S/C20H14F3N3O2.CH4O/c21-14-4-6-15(7-5-14)26-17-8-12(11-27)10-25-19(17)18(24)13-2-1-3-16(9-13)28-20(22)23;1-2/h1-11,20,24,26H;2H,1H3. The summed E-state index contributed by atoms with van der Waals surface area (Å²) in [5.74, 6) is -0.496. The lowest BCUT2D eigenvalue weighted by atomic mass is 10.0. The number of aromatic nitrogens is 1. The normalized spacial score (nSPS) is 10.1. The van der Waals surface area contributed by atoms with Crippen LogP contribution in [0.5, 0.6) is 5.75 Å². The molecule has 3 aromatic rings. The monoisotopic (exact) mass is 417 g/mol. The van der Waals surface area contributed by atoms with Crippen LogP contribution in [-0.2, 0) is 0 Å². The number of nitrogens with zero attached hydrogens (tertiary/aromatic N) is 1. The van der Waals surface area contributed by atoms with Gasteiger partial charge in [-0.15, -0.1) is 0 Å². The van der Waals surface area contributed by atoms with Gasteiger partial charge in [0.25, 0.3) is 0 Å². The molecule has 6 nitrogen and oxygen atoms in total. The first-order valence-corrected chi connectivity index (χ1v) is 8.53. The van der Waals surface area contributed by atoms with Crippen LogP contribution in [-0.4, -0.2) is 35.8 Å². The largest absolute Gasteiger partial charge is 0.435 e. The van der Waals surface area contributed by atoms with Gasteiger partial charge in [-0.1, -0.05) is 12.1 Å². The molecule has 2 aromatic carbocycles. The minimum atomic E-state index is -2.98. The van der Waals surface area contributed by atoms with Gasteiger partial charge in [0.2, 0.25) is 0 Å². The van der Waals surface area contributed by atoms with E-state index in [4.69, 9.17) is 10.5 Å². The molecule has 1 aromatic heterocycles. The SMILES string of the molecule is CO.N=C(c1cccc(OC(F)F)c1)c1ncc(C=O)cc1Nc1ccc(F)cc1. The number of carbonyl (C=O) groups is 1. The van der Waals surface area contributed by atoms with E-state index in [0.717, 1.165) is 7.11 Å². The van der Waals surface area contributed by atoms with Crippen molar-refractivity contribution in [2.24, 2.45) is 0 Å². The third-order valence-corrected chi connectivity index (χ3v) is 3.75. The van der Waals surface area contributed by atoms with Crippen molar-refractivity contribution in [3.8, 4) is 5.75 Å². The molecule has 0 amide bonds. The van der Waals surface area contributed by atoms with Crippen LogP contribution in [0.4, 0.5) is 24.5 Å². The molecule has 156 valence electrons. The fourth-order valence-corrected chi connectivity index (χ4v) is 2.49. The highest BCUT2D eigenvalue weighted by Gasteiger charge is 2.15. The van der Waals surface area contributed by atoms with Crippen molar-refractivity contribution < 1.29 is 27.8 Å². The van der Waals surface area contributed by atoms with Gasteiger partial charge in [-0.05, 0) is 42.5 Å². The van der Waals surface area contributed by atoms with E-state index >= 15 is 0 Å². The Balaban J connectivity index is 0.00000155. The molecule has 9 heteroatoms. The molecule has 0 fully saturated rings. The molecule has 0 spiro atoms. The topological polar surface area (TPSA) is 95.3 Å². The van der Waals surface area contributed by atoms with E-state index in [-0.39, 0.29) is 22.7 Å². The lowest BCUT2D eigenvalue weighted by Gasteiger charge is -2.14. The van der Waals surface area contributed by atoms with Crippen LogP contribution in [0.25, 0.3) is 0 Å². The zero-order valence-corrected chi connectivity index (χ0v) is 15.8. The molecule has 0 saturated carbocycles. The number of rotatable bonds is 7. The average molecular weight is 417 g/mol. The number of aliphatic hydroxyl groups excluding tert-OH is 1. The lowest BCUT2D eigenvalue weighted by Crippen LogP contribution is -2.10. The number of alkyl halides is 2. The molecule has 30 heavy (non-hydrogen) atoms. The summed E-state index contributed by atoms with van der Waals surface area (Å²) in [6.45, 7) is -2.98. The molecule has 0 unspecified atom stereocenters. The second-order valence-electron chi connectivity index (χ2n) is 5.70. The van der Waals surface area contributed by atoms with Crippen LogP contribution in [0.1, 0.15) is 21.6 Å². The number of pyridine rings is 1. The summed E-state index contributed by atoms with van der Waals surface area (Å²) < 4.78 is 42.4. The number of ether oxygens (including phenoxy) is 1. The molecule has 0 atom stereocenters.